The molecule has 1 aromatic carbocycles. The molecule has 1 aromatic rings. The number of hydrogen-bond acceptors (Lipinski definition) is 5. The molecule has 0 saturated heterocycles. The van der Waals surface area contributed by atoms with Gasteiger partial charge in [-0.15, -0.1) is 0 Å². The van der Waals surface area contributed by atoms with E-state index in [0.29, 0.717) is 6.42 Å². The van der Waals surface area contributed by atoms with Crippen LogP contribution < -0.4 is 10.7 Å². The van der Waals surface area contributed by atoms with Crippen molar-refractivity contribution < 1.29 is 9.53 Å². The predicted octanol–water partition coefficient (Wildman–Crippen LogP) is 0.811. The van der Waals surface area contributed by atoms with Crippen LogP contribution in [0.4, 0.5) is 0 Å². The first-order valence-corrected chi connectivity index (χ1v) is 6.74. The summed E-state index contributed by atoms with van der Waals surface area (Å²) in [5.74, 6) is 0.562. The smallest absolute Gasteiger partial charge is 0.246 e. The van der Waals surface area contributed by atoms with Crippen molar-refractivity contribution in [1.82, 2.24) is 10.7 Å². The van der Waals surface area contributed by atoms with E-state index in [1.165, 1.54) is 7.11 Å². The lowest BCUT2D eigenvalue weighted by atomic mass is 10.1. The van der Waals surface area contributed by atoms with Gasteiger partial charge in [0.05, 0.1) is 11.7 Å². The number of nitrogens with zero attached hydrogens (tertiary/aromatic N) is 2. The maximum Gasteiger partial charge on any atom is 0.246 e. The van der Waals surface area contributed by atoms with Gasteiger partial charge in [0.15, 0.2) is 5.84 Å². The Bertz CT molecular complexity index is 634. The van der Waals surface area contributed by atoms with Crippen LogP contribution >= 0.6 is 0 Å². The van der Waals surface area contributed by atoms with Crippen molar-refractivity contribution in [3.05, 3.63) is 47.7 Å². The standard InChI is InChI=1S/C15H16N4O2/c1-21-9-13(20)16-11-7-8-12-14(11)18-19-15(17-12)10-5-3-2-4-6-10/h2-6,8,11H,7,9H2,1H3,(H,16,20)(H,17,19). The lowest BCUT2D eigenvalue weighted by Gasteiger charge is -2.18. The second-order valence-electron chi connectivity index (χ2n) is 4.81. The minimum atomic E-state index is -0.155. The Labute approximate surface area is 122 Å². The number of benzene rings is 1. The van der Waals surface area contributed by atoms with Gasteiger partial charge in [-0.1, -0.05) is 36.4 Å². The summed E-state index contributed by atoms with van der Waals surface area (Å²) in [5, 5.41) is 7.23. The van der Waals surface area contributed by atoms with Gasteiger partial charge >= 0.3 is 0 Å². The van der Waals surface area contributed by atoms with Gasteiger partial charge in [0.25, 0.3) is 0 Å². The van der Waals surface area contributed by atoms with E-state index in [4.69, 9.17) is 4.74 Å². The number of methoxy groups -OCH3 is 1. The van der Waals surface area contributed by atoms with E-state index >= 15 is 0 Å². The molecular weight excluding hydrogens is 268 g/mol. The highest BCUT2D eigenvalue weighted by molar-refractivity contribution is 6.13. The second kappa shape index (κ2) is 5.88. The Balaban J connectivity index is 1.72. The van der Waals surface area contributed by atoms with E-state index in [0.717, 1.165) is 22.8 Å². The summed E-state index contributed by atoms with van der Waals surface area (Å²) in [4.78, 5) is 16.2. The molecule has 0 fully saturated rings. The van der Waals surface area contributed by atoms with Gasteiger partial charge in [-0.25, -0.2) is 4.99 Å². The number of rotatable bonds is 4. The van der Waals surface area contributed by atoms with Crippen molar-refractivity contribution in [3.8, 4) is 0 Å². The second-order valence-corrected chi connectivity index (χ2v) is 4.81. The number of fused-ring (bicyclic) bond motifs is 1. The molecule has 2 N–H and O–H groups in total. The summed E-state index contributed by atoms with van der Waals surface area (Å²) in [6, 6.07) is 9.67. The third-order valence-corrected chi connectivity index (χ3v) is 3.31. The van der Waals surface area contributed by atoms with Crippen LogP contribution in [0.25, 0.3) is 0 Å². The highest BCUT2D eigenvalue weighted by atomic mass is 16.5. The van der Waals surface area contributed by atoms with Crippen LogP contribution in [0.1, 0.15) is 12.0 Å². The quantitative estimate of drug-likeness (QED) is 0.859. The number of amidine groups is 1. The average Bonchev–Trinajstić information content (AvgIpc) is 2.91. The van der Waals surface area contributed by atoms with Crippen LogP contribution in [-0.2, 0) is 9.53 Å². The molecule has 6 heteroatoms. The summed E-state index contributed by atoms with van der Waals surface area (Å²) < 4.78 is 4.81. The Morgan fingerprint density at radius 2 is 2.24 bits per heavy atom. The maximum atomic E-state index is 11.6. The summed E-state index contributed by atoms with van der Waals surface area (Å²) in [7, 11) is 1.49. The summed E-state index contributed by atoms with van der Waals surface area (Å²) in [5.41, 5.74) is 5.51. The first-order valence-electron chi connectivity index (χ1n) is 6.74. The van der Waals surface area contributed by atoms with E-state index < -0.39 is 0 Å². The molecule has 6 nitrogen and oxygen atoms in total. The number of ether oxygens (including phenoxy) is 1. The zero-order valence-corrected chi connectivity index (χ0v) is 11.7. The van der Waals surface area contributed by atoms with Crippen molar-refractivity contribution in [1.29, 1.82) is 0 Å². The molecular formula is C15H16N4O2. The van der Waals surface area contributed by atoms with E-state index in [9.17, 15) is 4.79 Å². The van der Waals surface area contributed by atoms with Crippen molar-refractivity contribution in [2.24, 2.45) is 10.1 Å². The highest BCUT2D eigenvalue weighted by Crippen LogP contribution is 2.21. The molecule has 1 atom stereocenters. The van der Waals surface area contributed by atoms with Crippen molar-refractivity contribution in [2.45, 2.75) is 12.5 Å². The Morgan fingerprint density at radius 1 is 1.43 bits per heavy atom. The number of carbonyl (C=O) groups is 1. The number of nitrogens with one attached hydrogen (secondary N) is 2. The number of hydrazone groups is 1. The van der Waals surface area contributed by atoms with Crippen molar-refractivity contribution >= 4 is 17.5 Å². The van der Waals surface area contributed by atoms with E-state index in [1.807, 2.05) is 36.4 Å². The number of amides is 1. The molecule has 0 radical (unpaired) electrons. The molecule has 0 bridgehead atoms. The SMILES string of the molecule is COCC(=O)NC1CC=C2N=C(c3ccccc3)NN=C21. The fraction of sp³-hybridized carbons (Fsp3) is 0.267. The molecule has 1 amide bonds. The maximum absolute atomic E-state index is 11.6. The molecule has 3 rings (SSSR count). The van der Waals surface area contributed by atoms with E-state index in [2.05, 4.69) is 20.8 Å². The summed E-state index contributed by atoms with van der Waals surface area (Å²) >= 11 is 0. The summed E-state index contributed by atoms with van der Waals surface area (Å²) in [6.45, 7) is 0.0467. The lowest BCUT2D eigenvalue weighted by molar-refractivity contribution is -0.125. The zero-order valence-electron chi connectivity index (χ0n) is 11.7. The predicted molar refractivity (Wildman–Crippen MR) is 80.1 cm³/mol. The molecule has 0 spiro atoms. The van der Waals surface area contributed by atoms with Crippen LogP contribution in [0.3, 0.4) is 0 Å². The largest absolute Gasteiger partial charge is 0.375 e. The topological polar surface area (TPSA) is 75.1 Å². The van der Waals surface area contributed by atoms with E-state index in [1.54, 1.807) is 0 Å². The number of carbonyl (C=O) groups excluding carboxylic acids is 1. The van der Waals surface area contributed by atoms with Gasteiger partial charge in [-0.2, -0.15) is 5.10 Å². The average molecular weight is 284 g/mol. The molecule has 1 heterocycles. The number of hydrogen-bond donors (Lipinski definition) is 2. The highest BCUT2D eigenvalue weighted by Gasteiger charge is 2.29. The fourth-order valence-electron chi connectivity index (χ4n) is 2.34. The first kappa shape index (κ1) is 13.5. The molecule has 1 aliphatic carbocycles. The fourth-order valence-corrected chi connectivity index (χ4v) is 2.34. The van der Waals surface area contributed by atoms with Crippen LogP contribution in [0.5, 0.6) is 0 Å². The first-order chi connectivity index (χ1) is 10.3. The van der Waals surface area contributed by atoms with Crippen LogP contribution in [0.15, 0.2) is 52.2 Å². The lowest BCUT2D eigenvalue weighted by Crippen LogP contribution is -2.42. The van der Waals surface area contributed by atoms with Crippen molar-refractivity contribution in [3.63, 3.8) is 0 Å². The summed E-state index contributed by atoms with van der Waals surface area (Å²) in [6.07, 6.45) is 2.68. The Morgan fingerprint density at radius 3 is 3.00 bits per heavy atom. The molecule has 21 heavy (non-hydrogen) atoms. The normalized spacial score (nSPS) is 19.9. The monoisotopic (exact) mass is 284 g/mol. The molecule has 1 aliphatic heterocycles. The van der Waals surface area contributed by atoms with Crippen LogP contribution in [0.2, 0.25) is 0 Å². The minimum Gasteiger partial charge on any atom is -0.375 e. The third-order valence-electron chi connectivity index (χ3n) is 3.31. The van der Waals surface area contributed by atoms with Gasteiger partial charge in [0.2, 0.25) is 5.91 Å². The molecule has 1 unspecified atom stereocenters. The van der Waals surface area contributed by atoms with Crippen LogP contribution in [-0.4, -0.2) is 37.2 Å². The van der Waals surface area contributed by atoms with Gasteiger partial charge in [0.1, 0.15) is 12.3 Å². The Kier molecular flexibility index (Phi) is 3.79. The minimum absolute atomic E-state index is 0.0467. The molecule has 0 aromatic heterocycles. The van der Waals surface area contributed by atoms with Gasteiger partial charge in [0, 0.05) is 12.7 Å². The third kappa shape index (κ3) is 2.85. The van der Waals surface area contributed by atoms with Crippen LogP contribution in [0, 0.1) is 0 Å². The van der Waals surface area contributed by atoms with Gasteiger partial charge in [-0.3, -0.25) is 10.2 Å². The molecule has 2 aliphatic rings. The van der Waals surface area contributed by atoms with Gasteiger partial charge < -0.3 is 10.1 Å². The van der Waals surface area contributed by atoms with Gasteiger partial charge in [-0.05, 0) is 6.42 Å². The Hall–Kier alpha value is -2.47. The van der Waals surface area contributed by atoms with Crippen molar-refractivity contribution in [2.75, 3.05) is 13.7 Å². The molecule has 108 valence electrons. The zero-order chi connectivity index (χ0) is 14.7. The van der Waals surface area contributed by atoms with E-state index in [-0.39, 0.29) is 18.6 Å². The number of aliphatic imine (C=N–C) groups is 1. The molecule has 0 saturated carbocycles.